The van der Waals surface area contributed by atoms with Crippen LogP contribution >= 0.6 is 11.6 Å². The molecule has 200 valence electrons. The molecule has 0 aliphatic carbocycles. The molecule has 2 bridgehead atoms. The molecular weight excluding hydrogens is 510 g/mol. The Bertz CT molecular complexity index is 1140. The van der Waals surface area contributed by atoms with E-state index in [4.69, 9.17) is 11.6 Å². The highest BCUT2D eigenvalue weighted by atomic mass is 35.5. The molecule has 0 spiro atoms. The van der Waals surface area contributed by atoms with E-state index >= 15 is 0 Å². The number of carbonyl (C=O) groups is 1. The van der Waals surface area contributed by atoms with Crippen molar-refractivity contribution in [3.63, 3.8) is 0 Å². The molecule has 2 atom stereocenters. The van der Waals surface area contributed by atoms with E-state index in [2.05, 4.69) is 15.5 Å². The van der Waals surface area contributed by atoms with Crippen molar-refractivity contribution in [3.8, 4) is 0 Å². The highest BCUT2D eigenvalue weighted by Crippen LogP contribution is 2.32. The highest BCUT2D eigenvalue weighted by molar-refractivity contribution is 6.31. The van der Waals surface area contributed by atoms with Crippen molar-refractivity contribution in [2.75, 3.05) is 56.0 Å². The largest absolute Gasteiger partial charge is 0.390 e. The number of benzene rings is 2. The zero-order chi connectivity index (χ0) is 26.2. The van der Waals surface area contributed by atoms with Crippen molar-refractivity contribution in [1.29, 1.82) is 0 Å². The summed E-state index contributed by atoms with van der Waals surface area (Å²) in [6, 6.07) is 10.7. The molecule has 2 aromatic carbocycles. The summed E-state index contributed by atoms with van der Waals surface area (Å²) in [5.74, 6) is -1.15. The van der Waals surface area contributed by atoms with E-state index in [-0.39, 0.29) is 12.1 Å². The van der Waals surface area contributed by atoms with Gasteiger partial charge >= 0.3 is 6.18 Å². The van der Waals surface area contributed by atoms with Gasteiger partial charge in [-0.05, 0) is 42.3 Å². The lowest BCUT2D eigenvalue weighted by molar-refractivity contribution is -0.138. The molecule has 1 amide bonds. The lowest BCUT2D eigenvalue weighted by atomic mass is 10.1. The Hall–Kier alpha value is -2.40. The fraction of sp³-hybridized carbons (Fsp3) is 0.500. The minimum absolute atomic E-state index is 0.0400. The Kier molecular flexibility index (Phi) is 7.63. The average Bonchev–Trinajstić information content (AvgIpc) is 3.47. The smallest absolute Gasteiger partial charge is 0.367 e. The van der Waals surface area contributed by atoms with Crippen LogP contribution in [0.15, 0.2) is 36.4 Å². The minimum atomic E-state index is -4.18. The van der Waals surface area contributed by atoms with Gasteiger partial charge in [0.25, 0.3) is 5.91 Å². The topological polar surface area (TPSA) is 50.9 Å². The van der Waals surface area contributed by atoms with Crippen molar-refractivity contribution >= 4 is 28.9 Å². The van der Waals surface area contributed by atoms with Crippen molar-refractivity contribution in [3.05, 3.63) is 58.4 Å². The predicted molar refractivity (Wildman–Crippen MR) is 136 cm³/mol. The van der Waals surface area contributed by atoms with E-state index in [0.29, 0.717) is 61.2 Å². The molecule has 6 nitrogen and oxygen atoms in total. The van der Waals surface area contributed by atoms with Gasteiger partial charge in [0.2, 0.25) is 0 Å². The van der Waals surface area contributed by atoms with Gasteiger partial charge in [-0.2, -0.15) is 13.2 Å². The quantitative estimate of drug-likeness (QED) is 0.512. The second-order valence-electron chi connectivity index (χ2n) is 10.0. The van der Waals surface area contributed by atoms with Gasteiger partial charge in [-0.15, -0.1) is 0 Å². The molecular formula is C26H30ClF4N5O. The average molecular weight is 540 g/mol. The molecule has 2 N–H and O–H groups in total. The zero-order valence-corrected chi connectivity index (χ0v) is 21.1. The van der Waals surface area contributed by atoms with Crippen LogP contribution in [0.2, 0.25) is 5.02 Å². The Morgan fingerprint density at radius 3 is 2.54 bits per heavy atom. The standard InChI is InChI=1S/C26H30ClF4N5O/c27-18-2-4-23(24(12-18)35-9-7-34(8-10-35)6-5-26(29,30)31)33-25(37)21-3-1-17(11-22(21)28)15-36-16-19-13-20(36)14-32-19/h1-4,11-12,19-20,32H,5-10,13-16H2,(H,33,37). The number of nitrogens with one attached hydrogen (secondary N) is 2. The minimum Gasteiger partial charge on any atom is -0.367 e. The van der Waals surface area contributed by atoms with Crippen molar-refractivity contribution in [1.82, 2.24) is 15.1 Å². The Balaban J connectivity index is 1.23. The second-order valence-corrected chi connectivity index (χ2v) is 10.5. The van der Waals surface area contributed by atoms with Crippen LogP contribution in [0.4, 0.5) is 28.9 Å². The SMILES string of the molecule is O=C(Nc1ccc(Cl)cc1N1CCN(CCC(F)(F)F)CC1)c1ccc(CN2CC3CC2CN3)cc1F. The number of halogens is 5. The summed E-state index contributed by atoms with van der Waals surface area (Å²) in [7, 11) is 0. The van der Waals surface area contributed by atoms with Gasteiger partial charge in [-0.25, -0.2) is 4.39 Å². The summed E-state index contributed by atoms with van der Waals surface area (Å²) in [6.07, 6.45) is -3.90. The van der Waals surface area contributed by atoms with Gasteiger partial charge in [0, 0.05) is 69.5 Å². The van der Waals surface area contributed by atoms with Gasteiger partial charge in [0.1, 0.15) is 5.82 Å². The Labute approximate surface area is 218 Å². The molecule has 5 rings (SSSR count). The molecule has 3 saturated heterocycles. The molecule has 2 aromatic rings. The number of alkyl halides is 3. The summed E-state index contributed by atoms with van der Waals surface area (Å²) in [4.78, 5) is 19.1. The number of rotatable bonds is 7. The van der Waals surface area contributed by atoms with Crippen molar-refractivity contribution < 1.29 is 22.4 Å². The second kappa shape index (κ2) is 10.8. The predicted octanol–water partition coefficient (Wildman–Crippen LogP) is 4.35. The zero-order valence-electron chi connectivity index (χ0n) is 20.3. The molecule has 11 heteroatoms. The number of likely N-dealkylation sites (tertiary alicyclic amines) is 1. The number of carbonyl (C=O) groups excluding carboxylic acids is 1. The molecule has 0 saturated carbocycles. The van der Waals surface area contributed by atoms with E-state index in [0.717, 1.165) is 25.1 Å². The lowest BCUT2D eigenvalue weighted by Gasteiger charge is -2.37. The van der Waals surface area contributed by atoms with Crippen LogP contribution in [0, 0.1) is 5.82 Å². The van der Waals surface area contributed by atoms with Crippen molar-refractivity contribution in [2.45, 2.75) is 37.6 Å². The van der Waals surface area contributed by atoms with Gasteiger partial charge in [0.15, 0.2) is 0 Å². The number of anilines is 2. The van der Waals surface area contributed by atoms with Crippen LogP contribution in [0.3, 0.4) is 0 Å². The van der Waals surface area contributed by atoms with Crippen molar-refractivity contribution in [2.24, 2.45) is 0 Å². The van der Waals surface area contributed by atoms with E-state index < -0.39 is 24.3 Å². The van der Waals surface area contributed by atoms with Crippen LogP contribution in [-0.4, -0.2) is 79.8 Å². The number of amides is 1. The summed E-state index contributed by atoms with van der Waals surface area (Å²) >= 11 is 6.21. The fourth-order valence-electron chi connectivity index (χ4n) is 5.48. The maximum Gasteiger partial charge on any atom is 0.390 e. The van der Waals surface area contributed by atoms with Crippen LogP contribution in [0.5, 0.6) is 0 Å². The molecule has 3 aliphatic heterocycles. The summed E-state index contributed by atoms with van der Waals surface area (Å²) in [6.45, 7) is 4.40. The van der Waals surface area contributed by atoms with Gasteiger partial charge < -0.3 is 15.5 Å². The van der Waals surface area contributed by atoms with Crippen LogP contribution in [-0.2, 0) is 6.54 Å². The highest BCUT2D eigenvalue weighted by Gasteiger charge is 2.37. The third kappa shape index (κ3) is 6.37. The van der Waals surface area contributed by atoms with Crippen LogP contribution < -0.4 is 15.5 Å². The Morgan fingerprint density at radius 1 is 1.11 bits per heavy atom. The maximum absolute atomic E-state index is 15.0. The summed E-state index contributed by atoms with van der Waals surface area (Å²) < 4.78 is 52.7. The third-order valence-electron chi connectivity index (χ3n) is 7.47. The summed E-state index contributed by atoms with van der Waals surface area (Å²) in [5.41, 5.74) is 1.91. The molecule has 3 fully saturated rings. The Morgan fingerprint density at radius 2 is 1.89 bits per heavy atom. The molecule has 3 heterocycles. The number of hydrogen-bond acceptors (Lipinski definition) is 5. The monoisotopic (exact) mass is 539 g/mol. The van der Waals surface area contributed by atoms with Crippen LogP contribution in [0.25, 0.3) is 0 Å². The number of fused-ring (bicyclic) bond motifs is 2. The molecule has 2 unspecified atom stereocenters. The first-order valence-corrected chi connectivity index (χ1v) is 12.9. The number of nitrogens with zero attached hydrogens (tertiary/aromatic N) is 3. The fourth-order valence-corrected chi connectivity index (χ4v) is 5.64. The normalized spacial score (nSPS) is 22.6. The maximum atomic E-state index is 15.0. The van der Waals surface area contributed by atoms with E-state index in [9.17, 15) is 22.4 Å². The number of hydrogen-bond donors (Lipinski definition) is 2. The first-order chi connectivity index (χ1) is 17.6. The van der Waals surface area contributed by atoms with Gasteiger partial charge in [-0.1, -0.05) is 17.7 Å². The summed E-state index contributed by atoms with van der Waals surface area (Å²) in [5, 5.41) is 6.72. The first-order valence-electron chi connectivity index (χ1n) is 12.6. The van der Waals surface area contributed by atoms with Gasteiger partial charge in [0.05, 0.1) is 23.4 Å². The van der Waals surface area contributed by atoms with E-state index in [1.165, 1.54) is 12.1 Å². The number of piperazine rings is 2. The first kappa shape index (κ1) is 26.2. The molecule has 0 aromatic heterocycles. The molecule has 0 radical (unpaired) electrons. The third-order valence-corrected chi connectivity index (χ3v) is 7.70. The van der Waals surface area contributed by atoms with Gasteiger partial charge in [-0.3, -0.25) is 14.6 Å². The van der Waals surface area contributed by atoms with E-state index in [1.807, 2.05) is 4.90 Å². The molecule has 37 heavy (non-hydrogen) atoms. The molecule has 3 aliphatic rings. The van der Waals surface area contributed by atoms with Crippen LogP contribution in [0.1, 0.15) is 28.8 Å². The lowest BCUT2D eigenvalue weighted by Crippen LogP contribution is -2.47. The van der Waals surface area contributed by atoms with E-state index in [1.54, 1.807) is 29.2 Å².